The summed E-state index contributed by atoms with van der Waals surface area (Å²) in [5, 5.41) is 11.6. The lowest BCUT2D eigenvalue weighted by Gasteiger charge is -2.35. The molecule has 1 unspecified atom stereocenters. The van der Waals surface area contributed by atoms with Crippen LogP contribution in [0.1, 0.15) is 30.0 Å². The van der Waals surface area contributed by atoms with E-state index in [4.69, 9.17) is 9.47 Å². The minimum absolute atomic E-state index is 0.181. The number of ether oxygens (including phenoxy) is 2. The van der Waals surface area contributed by atoms with Gasteiger partial charge in [0.15, 0.2) is 5.54 Å². The van der Waals surface area contributed by atoms with Gasteiger partial charge >= 0.3 is 0 Å². The third-order valence-electron chi connectivity index (χ3n) is 7.91. The number of hydrogen-bond donors (Lipinski definition) is 2. The number of aliphatic hydroxyl groups is 1. The average Bonchev–Trinajstić information content (AvgIpc) is 3.31. The largest absolute Gasteiger partial charge is 0.507 e. The third kappa shape index (κ3) is 3.88. The Kier molecular flexibility index (Phi) is 6.98. The number of hydrogen-bond acceptors (Lipinski definition) is 6. The minimum atomic E-state index is -1.72. The number of benzene rings is 2. The van der Waals surface area contributed by atoms with Crippen molar-refractivity contribution in [3.05, 3.63) is 64.7 Å². The van der Waals surface area contributed by atoms with E-state index in [9.17, 15) is 19.5 Å². The van der Waals surface area contributed by atoms with Crippen molar-refractivity contribution in [2.45, 2.75) is 25.8 Å². The van der Waals surface area contributed by atoms with Crippen molar-refractivity contribution in [3.8, 4) is 5.75 Å². The average molecular weight is 521 g/mol. The van der Waals surface area contributed by atoms with Gasteiger partial charge in [-0.1, -0.05) is 18.2 Å². The number of nitrogens with one attached hydrogen (secondary N) is 1. The molecule has 3 aliphatic heterocycles. The molecule has 2 fully saturated rings. The Bertz CT molecular complexity index is 1320. The molecule has 3 aliphatic rings. The van der Waals surface area contributed by atoms with Crippen LogP contribution in [0, 0.1) is 6.92 Å². The van der Waals surface area contributed by atoms with Gasteiger partial charge in [0, 0.05) is 30.6 Å². The highest BCUT2D eigenvalue weighted by Crippen LogP contribution is 2.53. The fourth-order valence-corrected chi connectivity index (χ4v) is 6.05. The number of ketones is 1. The van der Waals surface area contributed by atoms with Crippen LogP contribution in [0.5, 0.6) is 5.75 Å². The molecule has 5 rings (SSSR count). The highest BCUT2D eigenvalue weighted by Gasteiger charge is 2.66. The summed E-state index contributed by atoms with van der Waals surface area (Å²) in [6.45, 7) is 8.19. The van der Waals surface area contributed by atoms with Crippen LogP contribution in [0.4, 0.5) is 5.69 Å². The smallest absolute Gasteiger partial charge is 0.296 e. The molecular formula is C29H34N3O6+. The van der Waals surface area contributed by atoms with E-state index in [-0.39, 0.29) is 17.9 Å². The van der Waals surface area contributed by atoms with Gasteiger partial charge in [0.2, 0.25) is 0 Å². The van der Waals surface area contributed by atoms with Crippen LogP contribution in [0.25, 0.3) is 5.76 Å². The summed E-state index contributed by atoms with van der Waals surface area (Å²) in [4.78, 5) is 46.0. The highest BCUT2D eigenvalue weighted by molar-refractivity contribution is 6.50. The van der Waals surface area contributed by atoms with Gasteiger partial charge in [-0.3, -0.25) is 14.4 Å². The normalized spacial score (nSPS) is 23.0. The maximum Gasteiger partial charge on any atom is 0.296 e. The lowest BCUT2D eigenvalue weighted by atomic mass is 9.81. The number of aliphatic hydroxyl groups excluding tert-OH is 1. The molecule has 2 amide bonds. The van der Waals surface area contributed by atoms with Crippen LogP contribution in [-0.2, 0) is 24.7 Å². The second-order valence-electron chi connectivity index (χ2n) is 9.94. The Morgan fingerprint density at radius 2 is 1.87 bits per heavy atom. The van der Waals surface area contributed by atoms with Crippen LogP contribution >= 0.6 is 0 Å². The Hall–Kier alpha value is -3.69. The van der Waals surface area contributed by atoms with E-state index in [1.807, 2.05) is 26.0 Å². The van der Waals surface area contributed by atoms with Crippen LogP contribution in [0.2, 0.25) is 0 Å². The Balaban J connectivity index is 1.65. The molecule has 0 aromatic heterocycles. The first-order valence-corrected chi connectivity index (χ1v) is 13.1. The standard InChI is InChI=1S/C29H33N3O6/c1-4-31-22-9-6-5-8-21(22)29(28(31)36)24(25(33)20-10-11-23(37-3)19(2)18-20)26(34)27(35)32(29)13-7-12-30-14-16-38-17-15-30/h5-6,8-11,18,33H,4,7,12-17H2,1-3H3/p+1. The van der Waals surface area contributed by atoms with Crippen molar-refractivity contribution < 1.29 is 33.9 Å². The number of morpholine rings is 1. The number of Topliss-reactive ketones (excluding diaryl/α,β-unsaturated/α-hetero) is 1. The fourth-order valence-electron chi connectivity index (χ4n) is 6.05. The quantitative estimate of drug-likeness (QED) is 0.324. The monoisotopic (exact) mass is 520 g/mol. The van der Waals surface area contributed by atoms with Crippen molar-refractivity contribution in [2.75, 3.05) is 57.9 Å². The molecule has 2 aromatic rings. The number of likely N-dealkylation sites (tertiary alicyclic amines) is 1. The van der Waals surface area contributed by atoms with Crippen LogP contribution in [0.15, 0.2) is 48.0 Å². The predicted octanol–water partition coefficient (Wildman–Crippen LogP) is 1.25. The first kappa shape index (κ1) is 25.9. The van der Waals surface area contributed by atoms with Crippen molar-refractivity contribution in [2.24, 2.45) is 0 Å². The number of anilines is 1. The van der Waals surface area contributed by atoms with Gasteiger partial charge in [-0.05, 0) is 43.7 Å². The predicted molar refractivity (Wildman–Crippen MR) is 141 cm³/mol. The fraction of sp³-hybridized carbons (Fsp3) is 0.414. The maximum absolute atomic E-state index is 14.3. The van der Waals surface area contributed by atoms with Crippen LogP contribution in [0.3, 0.4) is 0 Å². The van der Waals surface area contributed by atoms with Gasteiger partial charge in [-0.25, -0.2) is 0 Å². The molecule has 0 aliphatic carbocycles. The van der Waals surface area contributed by atoms with Crippen molar-refractivity contribution >= 4 is 29.0 Å². The molecule has 2 saturated heterocycles. The first-order chi connectivity index (χ1) is 18.4. The number of carbonyl (C=O) groups excluding carboxylic acids is 3. The van der Waals surface area contributed by atoms with Crippen molar-refractivity contribution in [3.63, 3.8) is 0 Å². The zero-order chi connectivity index (χ0) is 27.0. The summed E-state index contributed by atoms with van der Waals surface area (Å²) in [6.07, 6.45) is 0.605. The molecule has 0 radical (unpaired) electrons. The molecule has 38 heavy (non-hydrogen) atoms. The number of aryl methyl sites for hydroxylation is 1. The molecule has 1 spiro atoms. The number of amides is 2. The summed E-state index contributed by atoms with van der Waals surface area (Å²) < 4.78 is 10.8. The lowest BCUT2D eigenvalue weighted by molar-refractivity contribution is -0.908. The van der Waals surface area contributed by atoms with Gasteiger partial charge in [-0.2, -0.15) is 0 Å². The molecule has 1 atom stereocenters. The second kappa shape index (κ2) is 10.2. The number of likely N-dealkylation sites (N-methyl/N-ethyl adjacent to an activating group) is 1. The first-order valence-electron chi connectivity index (χ1n) is 13.1. The van der Waals surface area contributed by atoms with E-state index >= 15 is 0 Å². The van der Waals surface area contributed by atoms with E-state index in [2.05, 4.69) is 0 Å². The van der Waals surface area contributed by atoms with E-state index in [0.29, 0.717) is 48.7 Å². The summed E-state index contributed by atoms with van der Waals surface area (Å²) in [5.41, 5.74) is 0.373. The topological polar surface area (TPSA) is 101 Å². The Morgan fingerprint density at radius 3 is 2.55 bits per heavy atom. The van der Waals surface area contributed by atoms with Gasteiger partial charge in [0.1, 0.15) is 24.6 Å². The molecule has 3 heterocycles. The number of nitrogens with zero attached hydrogens (tertiary/aromatic N) is 2. The number of methoxy groups -OCH3 is 1. The summed E-state index contributed by atoms with van der Waals surface area (Å²) in [7, 11) is 1.55. The zero-order valence-electron chi connectivity index (χ0n) is 22.1. The number of fused-ring (bicyclic) bond motifs is 2. The Labute approximate surface area is 222 Å². The van der Waals surface area contributed by atoms with Crippen molar-refractivity contribution in [1.82, 2.24) is 4.90 Å². The maximum atomic E-state index is 14.3. The van der Waals surface area contributed by atoms with Gasteiger partial charge in [0.05, 0.1) is 38.1 Å². The van der Waals surface area contributed by atoms with Gasteiger partial charge in [-0.15, -0.1) is 0 Å². The van der Waals surface area contributed by atoms with Gasteiger partial charge < -0.3 is 29.3 Å². The molecule has 2 N–H and O–H groups in total. The lowest BCUT2D eigenvalue weighted by Crippen LogP contribution is -3.14. The minimum Gasteiger partial charge on any atom is -0.507 e. The third-order valence-corrected chi connectivity index (χ3v) is 7.91. The zero-order valence-corrected chi connectivity index (χ0v) is 22.1. The summed E-state index contributed by atoms with van der Waals surface area (Å²) >= 11 is 0. The molecular weight excluding hydrogens is 486 g/mol. The molecule has 9 heteroatoms. The summed E-state index contributed by atoms with van der Waals surface area (Å²) in [6, 6.07) is 12.2. The Morgan fingerprint density at radius 1 is 1.13 bits per heavy atom. The van der Waals surface area contributed by atoms with Gasteiger partial charge in [0.25, 0.3) is 17.6 Å². The van der Waals surface area contributed by atoms with Crippen LogP contribution in [-0.4, -0.2) is 80.7 Å². The molecule has 200 valence electrons. The van der Waals surface area contributed by atoms with Crippen molar-refractivity contribution in [1.29, 1.82) is 0 Å². The van der Waals surface area contributed by atoms with E-state index in [1.54, 1.807) is 42.3 Å². The summed E-state index contributed by atoms with van der Waals surface area (Å²) in [5.74, 6) is -1.75. The van der Waals surface area contributed by atoms with E-state index in [1.165, 1.54) is 9.80 Å². The highest BCUT2D eigenvalue weighted by atomic mass is 16.5. The SMILES string of the molecule is CCN1C(=O)C2(C(=C(O)c3ccc(OC)c(C)c3)C(=O)C(=O)N2CCC[NH+]2CCOCC2)c2ccccc21. The number of para-hydroxylation sites is 1. The second-order valence-corrected chi connectivity index (χ2v) is 9.94. The molecule has 0 saturated carbocycles. The van der Waals surface area contributed by atoms with E-state index in [0.717, 1.165) is 25.2 Å². The number of rotatable bonds is 7. The molecule has 9 nitrogen and oxygen atoms in total. The molecule has 2 aromatic carbocycles. The number of quaternary nitrogens is 1. The number of carbonyl (C=O) groups is 3. The molecule has 0 bridgehead atoms. The van der Waals surface area contributed by atoms with Crippen LogP contribution < -0.4 is 14.5 Å². The van der Waals surface area contributed by atoms with E-state index < -0.39 is 23.1 Å².